The Hall–Kier alpha value is -1.51. The number of phosphoric acid groups is 1. The summed E-state index contributed by atoms with van der Waals surface area (Å²) in [4.78, 5) is 35.1. The fraction of sp³-hybridized carbons (Fsp3) is 0.846. The summed E-state index contributed by atoms with van der Waals surface area (Å²) in [5.74, 6) is -0.815. The highest BCUT2D eigenvalue weighted by Gasteiger charge is 2.27. The zero-order chi connectivity index (χ0) is 36.5. The van der Waals surface area contributed by atoms with E-state index in [1.54, 1.807) is 0 Å². The normalized spacial score (nSPS) is 14.0. The molecule has 0 fully saturated rings. The van der Waals surface area contributed by atoms with E-state index < -0.39 is 26.5 Å². The molecule has 0 spiro atoms. The predicted octanol–water partition coefficient (Wildman–Crippen LogP) is 10.4. The Morgan fingerprint density at radius 1 is 0.633 bits per heavy atom. The predicted molar refractivity (Wildman–Crippen MR) is 201 cm³/mol. The van der Waals surface area contributed by atoms with Gasteiger partial charge in [-0.3, -0.25) is 18.6 Å². The molecule has 0 amide bonds. The smallest absolute Gasteiger partial charge is 0.462 e. The summed E-state index contributed by atoms with van der Waals surface area (Å²) in [6.07, 6.45) is 32.2. The minimum atomic E-state index is -4.36. The lowest BCUT2D eigenvalue weighted by Crippen LogP contribution is -2.37. The van der Waals surface area contributed by atoms with E-state index in [1.165, 1.54) is 70.6 Å². The van der Waals surface area contributed by atoms with E-state index >= 15 is 0 Å². The SMILES string of the molecule is CCCCC/C=C\C/C=C\CCCCCCCC(=O)OC[C@H](COP(=O)(O)OCC[N+](C)(C)C)OC(=O)CCCCCCCCCCCC. The van der Waals surface area contributed by atoms with Crippen LogP contribution in [-0.4, -0.2) is 74.9 Å². The maximum absolute atomic E-state index is 12.6. The summed E-state index contributed by atoms with van der Waals surface area (Å²) in [6, 6.07) is 0. The van der Waals surface area contributed by atoms with E-state index in [0.717, 1.165) is 57.8 Å². The number of quaternary nitrogens is 1. The maximum atomic E-state index is 12.6. The molecular formula is C39H75NO8P+. The highest BCUT2D eigenvalue weighted by atomic mass is 31.2. The number of hydrogen-bond acceptors (Lipinski definition) is 7. The number of carbonyl (C=O) groups is 2. The average Bonchev–Trinajstić information content (AvgIpc) is 3.04. The largest absolute Gasteiger partial charge is 0.472 e. The number of nitrogens with zero attached hydrogens (tertiary/aromatic N) is 1. The fourth-order valence-electron chi connectivity index (χ4n) is 5.10. The summed E-state index contributed by atoms with van der Waals surface area (Å²) in [6.45, 7) is 4.35. The molecule has 1 unspecified atom stereocenters. The second-order valence-corrected chi connectivity index (χ2v) is 15.8. The van der Waals surface area contributed by atoms with Crippen LogP contribution in [0.4, 0.5) is 0 Å². The number of unbranched alkanes of at least 4 members (excludes halogenated alkanes) is 17. The van der Waals surface area contributed by atoms with Gasteiger partial charge in [0.2, 0.25) is 0 Å². The minimum Gasteiger partial charge on any atom is -0.462 e. The van der Waals surface area contributed by atoms with Gasteiger partial charge in [-0.25, -0.2) is 4.57 Å². The Kier molecular flexibility index (Phi) is 31.4. The minimum absolute atomic E-state index is 0.0308. The molecule has 9 nitrogen and oxygen atoms in total. The molecule has 0 aromatic carbocycles. The molecule has 0 saturated heterocycles. The van der Waals surface area contributed by atoms with Crippen LogP contribution in [0, 0.1) is 0 Å². The molecule has 0 aromatic rings. The molecule has 2 atom stereocenters. The van der Waals surface area contributed by atoms with Crippen molar-refractivity contribution < 1.29 is 42.1 Å². The Balaban J connectivity index is 4.42. The summed E-state index contributed by atoms with van der Waals surface area (Å²) >= 11 is 0. The van der Waals surface area contributed by atoms with Crippen LogP contribution < -0.4 is 0 Å². The lowest BCUT2D eigenvalue weighted by atomic mass is 10.1. The first-order chi connectivity index (χ1) is 23.5. The molecule has 1 N–H and O–H groups in total. The van der Waals surface area contributed by atoms with Gasteiger partial charge in [-0.1, -0.05) is 128 Å². The Morgan fingerprint density at radius 2 is 1.10 bits per heavy atom. The molecule has 0 aliphatic rings. The third-order valence-electron chi connectivity index (χ3n) is 8.23. The van der Waals surface area contributed by atoms with E-state index in [2.05, 4.69) is 38.2 Å². The van der Waals surface area contributed by atoms with E-state index in [1.807, 2.05) is 21.1 Å². The van der Waals surface area contributed by atoms with Crippen LogP contribution in [0.15, 0.2) is 24.3 Å². The van der Waals surface area contributed by atoms with Gasteiger partial charge in [0.15, 0.2) is 6.10 Å². The van der Waals surface area contributed by atoms with Crippen molar-refractivity contribution in [1.82, 2.24) is 0 Å². The zero-order valence-electron chi connectivity index (χ0n) is 32.2. The van der Waals surface area contributed by atoms with Crippen LogP contribution in [0.3, 0.4) is 0 Å². The van der Waals surface area contributed by atoms with Crippen molar-refractivity contribution in [1.29, 1.82) is 0 Å². The van der Waals surface area contributed by atoms with E-state index in [-0.39, 0.29) is 32.0 Å². The standard InChI is InChI=1S/C39H74NO8P/c1-6-8-10-12-14-16-18-19-20-21-22-24-25-27-29-31-38(41)45-35-37(36-47-49(43,44)46-34-33-40(3,4)5)48-39(42)32-30-28-26-23-17-15-13-11-9-7-2/h14,16,19-20,37H,6-13,15,17-18,21-36H2,1-5H3/p+1/b16-14-,20-19-/t37-/m1/s1. The molecule has 0 aliphatic carbocycles. The molecule has 0 aliphatic heterocycles. The molecule has 0 rings (SSSR count). The first-order valence-corrected chi connectivity index (χ1v) is 21.1. The van der Waals surface area contributed by atoms with E-state index in [4.69, 9.17) is 18.5 Å². The fourth-order valence-corrected chi connectivity index (χ4v) is 5.84. The second kappa shape index (κ2) is 32.4. The van der Waals surface area contributed by atoms with Gasteiger partial charge in [-0.05, 0) is 44.9 Å². The van der Waals surface area contributed by atoms with Crippen molar-refractivity contribution in [3.63, 3.8) is 0 Å². The quantitative estimate of drug-likeness (QED) is 0.0227. The van der Waals surface area contributed by atoms with Gasteiger partial charge in [0.05, 0.1) is 27.7 Å². The van der Waals surface area contributed by atoms with E-state index in [9.17, 15) is 19.0 Å². The molecule has 0 saturated carbocycles. The van der Waals surface area contributed by atoms with Gasteiger partial charge >= 0.3 is 19.8 Å². The first kappa shape index (κ1) is 47.5. The highest BCUT2D eigenvalue weighted by molar-refractivity contribution is 7.47. The monoisotopic (exact) mass is 717 g/mol. The van der Waals surface area contributed by atoms with Gasteiger partial charge in [-0.2, -0.15) is 0 Å². The van der Waals surface area contributed by atoms with Crippen molar-refractivity contribution in [3.05, 3.63) is 24.3 Å². The number of ether oxygens (including phenoxy) is 2. The molecule has 0 bridgehead atoms. The Labute approximate surface area is 300 Å². The van der Waals surface area contributed by atoms with Crippen LogP contribution in [0.25, 0.3) is 0 Å². The molecule has 0 radical (unpaired) electrons. The van der Waals surface area contributed by atoms with Crippen LogP contribution in [0.1, 0.15) is 162 Å². The number of rotatable bonds is 35. The molecule has 10 heteroatoms. The number of allylic oxidation sites excluding steroid dienone is 4. The van der Waals surface area contributed by atoms with Crippen LogP contribution in [0.2, 0.25) is 0 Å². The molecule has 0 heterocycles. The molecular weight excluding hydrogens is 641 g/mol. The van der Waals surface area contributed by atoms with Gasteiger partial charge in [-0.15, -0.1) is 0 Å². The summed E-state index contributed by atoms with van der Waals surface area (Å²) in [7, 11) is 1.47. The number of phosphoric ester groups is 1. The summed E-state index contributed by atoms with van der Waals surface area (Å²) < 4.78 is 34.1. The van der Waals surface area contributed by atoms with Crippen molar-refractivity contribution in [3.8, 4) is 0 Å². The topological polar surface area (TPSA) is 108 Å². The van der Waals surface area contributed by atoms with Gasteiger partial charge in [0, 0.05) is 12.8 Å². The first-order valence-electron chi connectivity index (χ1n) is 19.6. The van der Waals surface area contributed by atoms with Gasteiger partial charge in [0.1, 0.15) is 19.8 Å². The number of esters is 2. The highest BCUT2D eigenvalue weighted by Crippen LogP contribution is 2.43. The zero-order valence-corrected chi connectivity index (χ0v) is 33.1. The summed E-state index contributed by atoms with van der Waals surface area (Å²) in [5, 5.41) is 0. The average molecular weight is 717 g/mol. The lowest BCUT2D eigenvalue weighted by Gasteiger charge is -2.24. The maximum Gasteiger partial charge on any atom is 0.472 e. The Morgan fingerprint density at radius 3 is 1.65 bits per heavy atom. The second-order valence-electron chi connectivity index (χ2n) is 14.3. The van der Waals surface area contributed by atoms with Crippen molar-refractivity contribution in [2.24, 2.45) is 0 Å². The third-order valence-corrected chi connectivity index (χ3v) is 9.22. The molecule has 0 aromatic heterocycles. The van der Waals surface area contributed by atoms with Crippen molar-refractivity contribution >= 4 is 19.8 Å². The number of carbonyl (C=O) groups excluding carboxylic acids is 2. The summed E-state index contributed by atoms with van der Waals surface area (Å²) in [5.41, 5.74) is 0. The van der Waals surface area contributed by atoms with Gasteiger partial charge in [0.25, 0.3) is 0 Å². The number of likely N-dealkylation sites (N-methyl/N-ethyl adjacent to an activating group) is 1. The molecule has 49 heavy (non-hydrogen) atoms. The Bertz CT molecular complexity index is 902. The van der Waals surface area contributed by atoms with E-state index in [0.29, 0.717) is 17.4 Å². The lowest BCUT2D eigenvalue weighted by molar-refractivity contribution is -0.870. The van der Waals surface area contributed by atoms with Crippen LogP contribution >= 0.6 is 7.82 Å². The number of hydrogen-bond donors (Lipinski definition) is 1. The van der Waals surface area contributed by atoms with Crippen molar-refractivity contribution in [2.45, 2.75) is 168 Å². The van der Waals surface area contributed by atoms with Crippen LogP contribution in [-0.2, 0) is 32.7 Å². The van der Waals surface area contributed by atoms with Gasteiger partial charge < -0.3 is 18.9 Å². The molecule has 288 valence electrons. The third kappa shape index (κ3) is 36.1. The van der Waals surface area contributed by atoms with Crippen molar-refractivity contribution in [2.75, 3.05) is 47.5 Å². The van der Waals surface area contributed by atoms with Crippen LogP contribution in [0.5, 0.6) is 0 Å².